The van der Waals surface area contributed by atoms with Crippen LogP contribution in [0.1, 0.15) is 5.89 Å². The zero-order valence-electron chi connectivity index (χ0n) is 14.0. The maximum absolute atomic E-state index is 12.2. The highest BCUT2D eigenvalue weighted by atomic mass is 35.5. The number of benzene rings is 1. The fourth-order valence-corrected chi connectivity index (χ4v) is 3.34. The molecule has 26 heavy (non-hydrogen) atoms. The van der Waals surface area contributed by atoms with Crippen LogP contribution in [0.25, 0.3) is 11.5 Å². The Morgan fingerprint density at radius 3 is 2.58 bits per heavy atom. The highest BCUT2D eigenvalue weighted by Crippen LogP contribution is 2.26. The zero-order chi connectivity index (χ0) is 18.9. The summed E-state index contributed by atoms with van der Waals surface area (Å²) in [6, 6.07) is 9.43. The van der Waals surface area contributed by atoms with Gasteiger partial charge in [-0.15, -0.1) is 10.2 Å². The van der Waals surface area contributed by atoms with Crippen molar-refractivity contribution in [3.05, 3.63) is 63.9 Å². The van der Waals surface area contributed by atoms with E-state index in [1.54, 1.807) is 24.3 Å². The van der Waals surface area contributed by atoms with Gasteiger partial charge in [-0.05, 0) is 18.2 Å². The molecule has 3 rings (SSSR count). The van der Waals surface area contributed by atoms with E-state index in [2.05, 4.69) is 10.2 Å². The van der Waals surface area contributed by atoms with Crippen LogP contribution < -0.4 is 5.56 Å². The van der Waals surface area contributed by atoms with Crippen LogP contribution in [0.2, 0.25) is 5.02 Å². The SMILES string of the molecule is CN(C)S(=O)(=O)c1ccc(=O)n(Cc2nnc(-c3ccccc3Cl)o2)c1. The van der Waals surface area contributed by atoms with E-state index in [4.69, 9.17) is 16.0 Å². The van der Waals surface area contributed by atoms with Gasteiger partial charge in [-0.2, -0.15) is 0 Å². The summed E-state index contributed by atoms with van der Waals surface area (Å²) in [7, 11) is -0.832. The minimum Gasteiger partial charge on any atom is -0.419 e. The van der Waals surface area contributed by atoms with Crippen LogP contribution in [-0.2, 0) is 16.6 Å². The summed E-state index contributed by atoms with van der Waals surface area (Å²) in [6.45, 7) is -0.0624. The number of halogens is 1. The second-order valence-corrected chi connectivity index (χ2v) is 8.16. The van der Waals surface area contributed by atoms with Crippen LogP contribution in [0.15, 0.2) is 56.7 Å². The van der Waals surface area contributed by atoms with Gasteiger partial charge in [0.25, 0.3) is 5.56 Å². The van der Waals surface area contributed by atoms with Crippen molar-refractivity contribution >= 4 is 21.6 Å². The molecule has 136 valence electrons. The van der Waals surface area contributed by atoms with Gasteiger partial charge in [-0.25, -0.2) is 12.7 Å². The van der Waals surface area contributed by atoms with Crippen molar-refractivity contribution in [3.63, 3.8) is 0 Å². The van der Waals surface area contributed by atoms with Gasteiger partial charge in [0.2, 0.25) is 21.8 Å². The second kappa shape index (κ2) is 7.02. The van der Waals surface area contributed by atoms with Crippen molar-refractivity contribution in [3.8, 4) is 11.5 Å². The summed E-state index contributed by atoms with van der Waals surface area (Å²) < 4.78 is 32.3. The summed E-state index contributed by atoms with van der Waals surface area (Å²) in [4.78, 5) is 12.0. The molecular weight excluding hydrogens is 380 g/mol. The normalized spacial score (nSPS) is 11.8. The monoisotopic (exact) mass is 394 g/mol. The maximum atomic E-state index is 12.2. The fourth-order valence-electron chi connectivity index (χ4n) is 2.20. The summed E-state index contributed by atoms with van der Waals surface area (Å²) in [5.74, 6) is 0.372. The van der Waals surface area contributed by atoms with Crippen molar-refractivity contribution in [1.82, 2.24) is 19.1 Å². The molecule has 3 aromatic rings. The molecule has 10 heteroatoms. The number of rotatable bonds is 5. The van der Waals surface area contributed by atoms with Crippen LogP contribution in [0.3, 0.4) is 0 Å². The van der Waals surface area contributed by atoms with Gasteiger partial charge in [0.15, 0.2) is 0 Å². The average molecular weight is 395 g/mol. The number of nitrogens with zero attached hydrogens (tertiary/aromatic N) is 4. The van der Waals surface area contributed by atoms with Gasteiger partial charge in [-0.3, -0.25) is 4.79 Å². The molecule has 0 radical (unpaired) electrons. The lowest BCUT2D eigenvalue weighted by Gasteiger charge is -2.12. The number of pyridine rings is 1. The van der Waals surface area contributed by atoms with Crippen LogP contribution in [0.5, 0.6) is 0 Å². The first-order chi connectivity index (χ1) is 12.3. The Morgan fingerprint density at radius 2 is 1.88 bits per heavy atom. The Morgan fingerprint density at radius 1 is 1.15 bits per heavy atom. The third-order valence-electron chi connectivity index (χ3n) is 3.61. The Labute approximate surface area is 154 Å². The molecule has 1 aromatic carbocycles. The lowest BCUT2D eigenvalue weighted by Crippen LogP contribution is -2.26. The highest BCUT2D eigenvalue weighted by Gasteiger charge is 2.19. The van der Waals surface area contributed by atoms with Crippen LogP contribution in [-0.4, -0.2) is 41.6 Å². The van der Waals surface area contributed by atoms with Crippen molar-refractivity contribution < 1.29 is 12.8 Å². The van der Waals surface area contributed by atoms with E-state index in [9.17, 15) is 13.2 Å². The van der Waals surface area contributed by atoms with Gasteiger partial charge in [0.1, 0.15) is 6.54 Å². The molecule has 0 spiro atoms. The number of aromatic nitrogens is 3. The van der Waals surface area contributed by atoms with Crippen LogP contribution in [0.4, 0.5) is 0 Å². The molecule has 0 atom stereocenters. The third kappa shape index (κ3) is 3.55. The van der Waals surface area contributed by atoms with E-state index in [0.717, 1.165) is 4.31 Å². The van der Waals surface area contributed by atoms with E-state index in [1.165, 1.54) is 37.0 Å². The standard InChI is InChI=1S/C16H15ClN4O4S/c1-20(2)26(23,24)11-7-8-15(22)21(9-11)10-14-18-19-16(25-14)12-5-3-4-6-13(12)17/h3-9H,10H2,1-2H3. The number of hydrogen-bond donors (Lipinski definition) is 0. The molecular formula is C16H15ClN4O4S. The first-order valence-electron chi connectivity index (χ1n) is 7.49. The quantitative estimate of drug-likeness (QED) is 0.655. The molecule has 0 aliphatic rings. The molecule has 2 heterocycles. The number of hydrogen-bond acceptors (Lipinski definition) is 6. The van der Waals surface area contributed by atoms with Gasteiger partial charge in [0, 0.05) is 26.4 Å². The molecule has 0 amide bonds. The zero-order valence-corrected chi connectivity index (χ0v) is 15.5. The largest absolute Gasteiger partial charge is 0.419 e. The highest BCUT2D eigenvalue weighted by molar-refractivity contribution is 7.89. The molecule has 0 aliphatic carbocycles. The van der Waals surface area contributed by atoms with E-state index in [-0.39, 0.29) is 28.8 Å². The minimum absolute atomic E-state index is 0.00653. The smallest absolute Gasteiger partial charge is 0.251 e. The van der Waals surface area contributed by atoms with E-state index < -0.39 is 10.0 Å². The molecule has 0 unspecified atom stereocenters. The molecule has 0 aliphatic heterocycles. The Kier molecular flexibility index (Phi) is 4.94. The second-order valence-electron chi connectivity index (χ2n) is 5.60. The van der Waals surface area contributed by atoms with Crippen molar-refractivity contribution in [2.45, 2.75) is 11.4 Å². The van der Waals surface area contributed by atoms with Gasteiger partial charge in [-0.1, -0.05) is 23.7 Å². The van der Waals surface area contributed by atoms with Gasteiger partial charge >= 0.3 is 0 Å². The lowest BCUT2D eigenvalue weighted by atomic mass is 10.2. The predicted molar refractivity (Wildman–Crippen MR) is 95.4 cm³/mol. The van der Waals surface area contributed by atoms with Crippen LogP contribution in [0, 0.1) is 0 Å². The molecule has 0 fully saturated rings. The summed E-state index contributed by atoms with van der Waals surface area (Å²) in [6.07, 6.45) is 1.25. The maximum Gasteiger partial charge on any atom is 0.251 e. The molecule has 0 saturated heterocycles. The predicted octanol–water partition coefficient (Wildman–Crippen LogP) is 1.85. The topological polar surface area (TPSA) is 98.3 Å². The summed E-state index contributed by atoms with van der Waals surface area (Å²) >= 11 is 6.10. The van der Waals surface area contributed by atoms with Crippen molar-refractivity contribution in [2.75, 3.05) is 14.1 Å². The van der Waals surface area contributed by atoms with E-state index in [0.29, 0.717) is 10.6 Å². The first kappa shape index (κ1) is 18.3. The summed E-state index contributed by atoms with van der Waals surface area (Å²) in [5, 5.41) is 8.29. The fraction of sp³-hybridized carbons (Fsp3) is 0.188. The first-order valence-corrected chi connectivity index (χ1v) is 9.31. The third-order valence-corrected chi connectivity index (χ3v) is 5.74. The molecule has 8 nitrogen and oxygen atoms in total. The molecule has 2 aromatic heterocycles. The van der Waals surface area contributed by atoms with Gasteiger partial charge < -0.3 is 8.98 Å². The molecule has 0 bridgehead atoms. The Balaban J connectivity index is 1.93. The van der Waals surface area contributed by atoms with E-state index in [1.807, 2.05) is 0 Å². The number of sulfonamides is 1. The van der Waals surface area contributed by atoms with Crippen molar-refractivity contribution in [2.24, 2.45) is 0 Å². The summed E-state index contributed by atoms with van der Waals surface area (Å²) in [5.41, 5.74) is 0.185. The molecule has 0 saturated carbocycles. The van der Waals surface area contributed by atoms with Gasteiger partial charge in [0.05, 0.1) is 15.5 Å². The average Bonchev–Trinajstić information content (AvgIpc) is 3.05. The molecule has 0 N–H and O–H groups in total. The van der Waals surface area contributed by atoms with Crippen LogP contribution >= 0.6 is 11.6 Å². The minimum atomic E-state index is -3.66. The Hall–Kier alpha value is -2.49. The van der Waals surface area contributed by atoms with Crippen molar-refractivity contribution in [1.29, 1.82) is 0 Å². The lowest BCUT2D eigenvalue weighted by molar-refractivity contribution is 0.481. The van der Waals surface area contributed by atoms with E-state index >= 15 is 0 Å². The Bertz CT molecular complexity index is 1110.